The highest BCUT2D eigenvalue weighted by atomic mass is 16.6. The Bertz CT molecular complexity index is 931. The molecular weight excluding hydrogens is 757 g/mol. The van der Waals surface area contributed by atoms with Gasteiger partial charge in [0.15, 0.2) is 6.10 Å². The van der Waals surface area contributed by atoms with E-state index in [9.17, 15) is 14.4 Å². The molecule has 0 saturated heterocycles. The molecule has 0 radical (unpaired) electrons. The molecule has 0 aliphatic heterocycles. The van der Waals surface area contributed by atoms with E-state index in [1.807, 2.05) is 0 Å². The van der Waals surface area contributed by atoms with Gasteiger partial charge in [0.25, 0.3) is 0 Å². The van der Waals surface area contributed by atoms with Crippen molar-refractivity contribution in [3.8, 4) is 0 Å². The molecule has 0 spiro atoms. The Labute approximate surface area is 380 Å². The lowest BCUT2D eigenvalue weighted by atomic mass is 10.0. The number of ether oxygens (including phenoxy) is 3. The summed E-state index contributed by atoms with van der Waals surface area (Å²) in [5.74, 6) is 0.844. The van der Waals surface area contributed by atoms with Crippen molar-refractivity contribution in [2.75, 3.05) is 13.2 Å². The van der Waals surface area contributed by atoms with E-state index < -0.39 is 6.10 Å². The fraction of sp³-hybridized carbons (Fsp3) is 0.945. The number of esters is 3. The maximum atomic E-state index is 12.7. The number of carbonyl (C=O) groups is 3. The standard InChI is InChI=1S/C55H106O6/c1-6-7-8-33-40-45-53(56)59-48-52(61-55(58)47-42-37-32-28-24-20-16-15-18-22-26-30-35-39-44-51(4)5)49-60-54(57)46-41-36-31-27-23-19-14-12-10-9-11-13-17-21-25-29-34-38-43-50(2)3/h50-52H,6-49H2,1-5H3/t52-/m1/s1. The van der Waals surface area contributed by atoms with Gasteiger partial charge < -0.3 is 14.2 Å². The van der Waals surface area contributed by atoms with E-state index in [2.05, 4.69) is 34.6 Å². The van der Waals surface area contributed by atoms with Gasteiger partial charge in [-0.25, -0.2) is 0 Å². The summed E-state index contributed by atoms with van der Waals surface area (Å²) in [7, 11) is 0. The molecule has 0 rings (SSSR count). The van der Waals surface area contributed by atoms with Crippen LogP contribution in [0.2, 0.25) is 0 Å². The molecule has 0 amide bonds. The van der Waals surface area contributed by atoms with Gasteiger partial charge in [-0.05, 0) is 31.1 Å². The van der Waals surface area contributed by atoms with Crippen molar-refractivity contribution in [3.05, 3.63) is 0 Å². The van der Waals surface area contributed by atoms with Crippen LogP contribution in [0.3, 0.4) is 0 Å². The van der Waals surface area contributed by atoms with Gasteiger partial charge in [-0.15, -0.1) is 0 Å². The molecule has 0 aliphatic carbocycles. The minimum atomic E-state index is -0.760. The molecule has 0 aliphatic rings. The van der Waals surface area contributed by atoms with E-state index in [1.165, 1.54) is 186 Å². The lowest BCUT2D eigenvalue weighted by Crippen LogP contribution is -2.30. The van der Waals surface area contributed by atoms with Crippen LogP contribution < -0.4 is 0 Å². The molecule has 0 bridgehead atoms. The highest BCUT2D eigenvalue weighted by Crippen LogP contribution is 2.18. The Morgan fingerprint density at radius 3 is 0.803 bits per heavy atom. The summed E-state index contributed by atoms with van der Waals surface area (Å²) in [6.07, 6.45) is 49.9. The van der Waals surface area contributed by atoms with Crippen LogP contribution in [0.25, 0.3) is 0 Å². The van der Waals surface area contributed by atoms with Crippen molar-refractivity contribution in [2.24, 2.45) is 11.8 Å². The largest absolute Gasteiger partial charge is 0.462 e. The van der Waals surface area contributed by atoms with Crippen LogP contribution in [0.1, 0.15) is 304 Å². The van der Waals surface area contributed by atoms with Gasteiger partial charge in [0, 0.05) is 19.3 Å². The Balaban J connectivity index is 4.05. The lowest BCUT2D eigenvalue weighted by Gasteiger charge is -2.18. The highest BCUT2D eigenvalue weighted by Gasteiger charge is 2.19. The van der Waals surface area contributed by atoms with Crippen LogP contribution in [0.5, 0.6) is 0 Å². The average molecular weight is 863 g/mol. The number of unbranched alkanes of at least 4 members (excludes halogenated alkanes) is 34. The van der Waals surface area contributed by atoms with E-state index in [1.54, 1.807) is 0 Å². The maximum Gasteiger partial charge on any atom is 0.306 e. The first-order valence-electron chi connectivity index (χ1n) is 27.2. The summed E-state index contributed by atoms with van der Waals surface area (Å²) in [4.78, 5) is 37.7. The third kappa shape index (κ3) is 49.3. The first-order chi connectivity index (χ1) is 29.7. The molecule has 0 aromatic carbocycles. The summed E-state index contributed by atoms with van der Waals surface area (Å²) in [5, 5.41) is 0. The Kier molecular flexibility index (Phi) is 46.6. The second-order valence-corrected chi connectivity index (χ2v) is 19.8. The molecule has 0 aromatic rings. The second-order valence-electron chi connectivity index (χ2n) is 19.8. The molecule has 6 nitrogen and oxygen atoms in total. The van der Waals surface area contributed by atoms with E-state index in [0.717, 1.165) is 76.0 Å². The molecule has 0 aromatic heterocycles. The van der Waals surface area contributed by atoms with Crippen LogP contribution >= 0.6 is 0 Å². The fourth-order valence-electron chi connectivity index (χ4n) is 8.34. The first kappa shape index (κ1) is 59.4. The molecule has 0 heterocycles. The van der Waals surface area contributed by atoms with Crippen molar-refractivity contribution < 1.29 is 28.6 Å². The van der Waals surface area contributed by atoms with Crippen LogP contribution in [0.4, 0.5) is 0 Å². The zero-order chi connectivity index (χ0) is 44.7. The average Bonchev–Trinajstić information content (AvgIpc) is 3.23. The minimum Gasteiger partial charge on any atom is -0.462 e. The van der Waals surface area contributed by atoms with Crippen LogP contribution in [-0.2, 0) is 28.6 Å². The summed E-state index contributed by atoms with van der Waals surface area (Å²) < 4.78 is 16.7. The smallest absolute Gasteiger partial charge is 0.306 e. The Morgan fingerprint density at radius 2 is 0.541 bits per heavy atom. The predicted octanol–water partition coefficient (Wildman–Crippen LogP) is 17.7. The first-order valence-corrected chi connectivity index (χ1v) is 27.2. The lowest BCUT2D eigenvalue weighted by molar-refractivity contribution is -0.167. The van der Waals surface area contributed by atoms with Gasteiger partial charge in [-0.2, -0.15) is 0 Å². The van der Waals surface area contributed by atoms with Gasteiger partial charge >= 0.3 is 17.9 Å². The summed E-state index contributed by atoms with van der Waals surface area (Å²) in [6, 6.07) is 0. The van der Waals surface area contributed by atoms with Crippen molar-refractivity contribution >= 4 is 17.9 Å². The van der Waals surface area contributed by atoms with Crippen LogP contribution in [0.15, 0.2) is 0 Å². The number of carbonyl (C=O) groups excluding carboxylic acids is 3. The molecule has 0 fully saturated rings. The third-order valence-corrected chi connectivity index (χ3v) is 12.5. The predicted molar refractivity (Wildman–Crippen MR) is 261 cm³/mol. The topological polar surface area (TPSA) is 78.9 Å². The summed E-state index contributed by atoms with van der Waals surface area (Å²) in [5.41, 5.74) is 0. The van der Waals surface area contributed by atoms with E-state index in [4.69, 9.17) is 14.2 Å². The Morgan fingerprint density at radius 1 is 0.311 bits per heavy atom. The monoisotopic (exact) mass is 863 g/mol. The molecule has 0 saturated carbocycles. The summed E-state index contributed by atoms with van der Waals surface area (Å²) in [6.45, 7) is 11.3. The van der Waals surface area contributed by atoms with Gasteiger partial charge in [0.2, 0.25) is 0 Å². The van der Waals surface area contributed by atoms with Gasteiger partial charge in [0.1, 0.15) is 13.2 Å². The molecule has 1 atom stereocenters. The Hall–Kier alpha value is -1.59. The molecule has 0 N–H and O–H groups in total. The van der Waals surface area contributed by atoms with E-state index >= 15 is 0 Å². The van der Waals surface area contributed by atoms with Crippen molar-refractivity contribution in [1.82, 2.24) is 0 Å². The summed E-state index contributed by atoms with van der Waals surface area (Å²) >= 11 is 0. The molecule has 0 unspecified atom stereocenters. The van der Waals surface area contributed by atoms with Crippen molar-refractivity contribution in [3.63, 3.8) is 0 Å². The molecule has 61 heavy (non-hydrogen) atoms. The fourth-order valence-corrected chi connectivity index (χ4v) is 8.34. The van der Waals surface area contributed by atoms with Gasteiger partial charge in [0.05, 0.1) is 0 Å². The number of rotatable bonds is 49. The van der Waals surface area contributed by atoms with Gasteiger partial charge in [-0.3, -0.25) is 14.4 Å². The number of hydrogen-bond donors (Lipinski definition) is 0. The van der Waals surface area contributed by atoms with Crippen molar-refractivity contribution in [2.45, 2.75) is 310 Å². The molecule has 362 valence electrons. The quantitative estimate of drug-likeness (QED) is 0.0344. The third-order valence-electron chi connectivity index (χ3n) is 12.5. The zero-order valence-electron chi connectivity index (χ0n) is 41.8. The normalized spacial score (nSPS) is 12.0. The molecular formula is C55H106O6. The number of hydrogen-bond acceptors (Lipinski definition) is 6. The van der Waals surface area contributed by atoms with E-state index in [0.29, 0.717) is 19.3 Å². The highest BCUT2D eigenvalue weighted by molar-refractivity contribution is 5.71. The van der Waals surface area contributed by atoms with Crippen molar-refractivity contribution in [1.29, 1.82) is 0 Å². The van der Waals surface area contributed by atoms with Crippen LogP contribution in [-0.4, -0.2) is 37.2 Å². The zero-order valence-corrected chi connectivity index (χ0v) is 41.8. The second kappa shape index (κ2) is 47.9. The van der Waals surface area contributed by atoms with Crippen LogP contribution in [0, 0.1) is 11.8 Å². The SMILES string of the molecule is CCCCCCCC(=O)OC[C@H](COC(=O)CCCCCCCCCCCCCCCCCCCCC(C)C)OC(=O)CCCCCCCCCCCCCCCCC(C)C. The molecule has 6 heteroatoms. The van der Waals surface area contributed by atoms with Gasteiger partial charge in [-0.1, -0.05) is 266 Å². The van der Waals surface area contributed by atoms with E-state index in [-0.39, 0.29) is 31.1 Å². The minimum absolute atomic E-state index is 0.0642. The maximum absolute atomic E-state index is 12.7.